The number of amides is 3. The highest BCUT2D eigenvalue weighted by Crippen LogP contribution is 2.29. The lowest BCUT2D eigenvalue weighted by atomic mass is 10.0. The smallest absolute Gasteiger partial charge is 0.322 e. The number of nitrogens with zero attached hydrogens (tertiary/aromatic N) is 3. The molecule has 4 rings (SSSR count). The van der Waals surface area contributed by atoms with Gasteiger partial charge in [-0.05, 0) is 53.4 Å². The highest BCUT2D eigenvalue weighted by molar-refractivity contribution is 7.10. The molecular weight excluding hydrogens is 446 g/mol. The summed E-state index contributed by atoms with van der Waals surface area (Å²) in [5.41, 5.74) is 3.33. The molecule has 0 spiro atoms. The Morgan fingerprint density at radius 2 is 1.94 bits per heavy atom. The number of nitrogens with one attached hydrogen (secondary N) is 2. The molecule has 7 nitrogen and oxygen atoms in total. The van der Waals surface area contributed by atoms with Crippen LogP contribution in [0.1, 0.15) is 16.9 Å². The maximum absolute atomic E-state index is 13.2. The summed E-state index contributed by atoms with van der Waals surface area (Å²) in [4.78, 5) is 29.0. The largest absolute Gasteiger partial charge is 0.325 e. The SMILES string of the molecule is CN(C)N=C1C=CC(NC(=O)C2Cc3sccc3CN2C(=O)Nc2ccc(Cl)cc2)=CC1. The fourth-order valence-corrected chi connectivity index (χ4v) is 4.69. The summed E-state index contributed by atoms with van der Waals surface area (Å²) in [6.45, 7) is 0.380. The Bertz CT molecular complexity index is 1100. The fraction of sp³-hybridized carbons (Fsp3) is 0.261. The summed E-state index contributed by atoms with van der Waals surface area (Å²) in [7, 11) is 3.74. The molecule has 0 radical (unpaired) electrons. The number of carbonyl (C=O) groups is 2. The number of fused-ring (bicyclic) bond motifs is 1. The number of rotatable bonds is 4. The highest BCUT2D eigenvalue weighted by atomic mass is 35.5. The van der Waals surface area contributed by atoms with Gasteiger partial charge in [-0.25, -0.2) is 4.79 Å². The molecule has 9 heteroatoms. The fourth-order valence-electron chi connectivity index (χ4n) is 3.63. The monoisotopic (exact) mass is 469 g/mol. The lowest BCUT2D eigenvalue weighted by molar-refractivity contribution is -0.125. The molecule has 1 unspecified atom stereocenters. The van der Waals surface area contributed by atoms with Gasteiger partial charge in [0, 0.05) is 54.8 Å². The van der Waals surface area contributed by atoms with Gasteiger partial charge >= 0.3 is 6.03 Å². The first-order valence-electron chi connectivity index (χ1n) is 10.2. The third kappa shape index (κ3) is 5.20. The van der Waals surface area contributed by atoms with Gasteiger partial charge in [-0.1, -0.05) is 17.7 Å². The molecule has 3 amide bonds. The zero-order valence-electron chi connectivity index (χ0n) is 17.8. The summed E-state index contributed by atoms with van der Waals surface area (Å²) < 4.78 is 0. The van der Waals surface area contributed by atoms with Gasteiger partial charge in [0.2, 0.25) is 5.91 Å². The van der Waals surface area contributed by atoms with Gasteiger partial charge in [-0.2, -0.15) is 5.10 Å². The van der Waals surface area contributed by atoms with Gasteiger partial charge in [-0.3, -0.25) is 4.79 Å². The lowest BCUT2D eigenvalue weighted by Gasteiger charge is -2.34. The maximum atomic E-state index is 13.2. The molecule has 32 heavy (non-hydrogen) atoms. The predicted octanol–water partition coefficient (Wildman–Crippen LogP) is 4.24. The first kappa shape index (κ1) is 22.1. The topological polar surface area (TPSA) is 77.0 Å². The van der Waals surface area contributed by atoms with Crippen molar-refractivity contribution in [3.8, 4) is 0 Å². The van der Waals surface area contributed by atoms with E-state index in [1.54, 1.807) is 45.5 Å². The summed E-state index contributed by atoms with van der Waals surface area (Å²) in [5, 5.41) is 14.6. The molecule has 2 aromatic rings. The van der Waals surface area contributed by atoms with Crippen LogP contribution in [0.4, 0.5) is 10.5 Å². The van der Waals surface area contributed by atoms with Crippen molar-refractivity contribution in [3.05, 3.63) is 75.1 Å². The van der Waals surface area contributed by atoms with E-state index in [-0.39, 0.29) is 11.9 Å². The minimum Gasteiger partial charge on any atom is -0.325 e. The third-order valence-corrected chi connectivity index (χ3v) is 6.41. The Hall–Kier alpha value is -3.10. The summed E-state index contributed by atoms with van der Waals surface area (Å²) >= 11 is 7.55. The molecule has 1 aromatic heterocycles. The lowest BCUT2D eigenvalue weighted by Crippen LogP contribution is -2.53. The Morgan fingerprint density at radius 1 is 1.16 bits per heavy atom. The predicted molar refractivity (Wildman–Crippen MR) is 129 cm³/mol. The standard InChI is InChI=1S/C23H24ClN5O2S/c1-28(2)27-19-9-7-17(8-10-19)25-22(30)20-13-21-15(11-12-32-21)14-29(20)23(31)26-18-5-3-16(24)4-6-18/h3-9,11-12,20H,10,13-14H2,1-2H3,(H,25,30)(H,26,31). The number of hydrazone groups is 1. The van der Waals surface area contributed by atoms with Crippen LogP contribution in [-0.2, 0) is 17.8 Å². The maximum Gasteiger partial charge on any atom is 0.322 e. The zero-order valence-corrected chi connectivity index (χ0v) is 19.4. The Morgan fingerprint density at radius 3 is 2.62 bits per heavy atom. The molecule has 2 heterocycles. The normalized spacial score (nSPS) is 18.7. The van der Waals surface area contributed by atoms with Crippen molar-refractivity contribution in [2.45, 2.75) is 25.4 Å². The van der Waals surface area contributed by atoms with Crippen molar-refractivity contribution in [1.29, 1.82) is 0 Å². The summed E-state index contributed by atoms with van der Waals surface area (Å²) in [6.07, 6.45) is 6.76. The van der Waals surface area contributed by atoms with E-state index in [0.717, 1.165) is 16.2 Å². The van der Waals surface area contributed by atoms with E-state index in [9.17, 15) is 9.59 Å². The second-order valence-corrected chi connectivity index (χ2v) is 9.22. The number of carbonyl (C=O) groups excluding carboxylic acids is 2. The van der Waals surface area contributed by atoms with Crippen LogP contribution >= 0.6 is 22.9 Å². The van der Waals surface area contributed by atoms with Crippen LogP contribution in [0.3, 0.4) is 0 Å². The molecule has 0 fully saturated rings. The van der Waals surface area contributed by atoms with E-state index in [4.69, 9.17) is 11.6 Å². The van der Waals surface area contributed by atoms with Gasteiger partial charge in [0.1, 0.15) is 6.04 Å². The van der Waals surface area contributed by atoms with Crippen molar-refractivity contribution in [1.82, 2.24) is 15.2 Å². The van der Waals surface area contributed by atoms with Crippen LogP contribution < -0.4 is 10.6 Å². The number of hydrogen-bond acceptors (Lipinski definition) is 5. The number of halogens is 1. The highest BCUT2D eigenvalue weighted by Gasteiger charge is 2.35. The minimum absolute atomic E-state index is 0.209. The number of benzene rings is 1. The Balaban J connectivity index is 1.49. The average Bonchev–Trinajstić information content (AvgIpc) is 3.23. The molecule has 0 bridgehead atoms. The van der Waals surface area contributed by atoms with Gasteiger partial charge in [0.05, 0.1) is 5.71 Å². The molecular formula is C23H24ClN5O2S. The van der Waals surface area contributed by atoms with E-state index in [1.807, 2.05) is 43.8 Å². The van der Waals surface area contributed by atoms with Gasteiger partial charge in [0.15, 0.2) is 0 Å². The second kappa shape index (κ2) is 9.58. The van der Waals surface area contributed by atoms with Crippen LogP contribution in [0.25, 0.3) is 0 Å². The van der Waals surface area contributed by atoms with Crippen LogP contribution in [0.5, 0.6) is 0 Å². The number of anilines is 1. The molecule has 1 aromatic carbocycles. The third-order valence-electron chi connectivity index (χ3n) is 5.17. The van der Waals surface area contributed by atoms with Gasteiger partial charge < -0.3 is 20.5 Å². The minimum atomic E-state index is -0.611. The molecule has 166 valence electrons. The van der Waals surface area contributed by atoms with Gasteiger partial charge in [-0.15, -0.1) is 11.3 Å². The number of thiophene rings is 1. The molecule has 2 aliphatic rings. The van der Waals surface area contributed by atoms with E-state index in [0.29, 0.717) is 35.8 Å². The van der Waals surface area contributed by atoms with Crippen molar-refractivity contribution in [3.63, 3.8) is 0 Å². The zero-order chi connectivity index (χ0) is 22.7. The summed E-state index contributed by atoms with van der Waals surface area (Å²) in [6, 6.07) is 7.97. The number of allylic oxidation sites excluding steroid dienone is 3. The van der Waals surface area contributed by atoms with Crippen molar-refractivity contribution < 1.29 is 9.59 Å². The molecule has 1 aliphatic heterocycles. The van der Waals surface area contributed by atoms with Crippen LogP contribution in [0.15, 0.2) is 64.7 Å². The molecule has 1 aliphatic carbocycles. The average molecular weight is 470 g/mol. The quantitative estimate of drug-likeness (QED) is 0.657. The van der Waals surface area contributed by atoms with E-state index in [1.165, 1.54) is 0 Å². The number of hydrogen-bond donors (Lipinski definition) is 2. The van der Waals surface area contributed by atoms with E-state index in [2.05, 4.69) is 15.7 Å². The van der Waals surface area contributed by atoms with E-state index >= 15 is 0 Å². The van der Waals surface area contributed by atoms with Crippen molar-refractivity contribution >= 4 is 46.3 Å². The van der Waals surface area contributed by atoms with E-state index < -0.39 is 6.04 Å². The molecule has 2 N–H and O–H groups in total. The second-order valence-electron chi connectivity index (χ2n) is 7.78. The van der Waals surface area contributed by atoms with Crippen molar-refractivity contribution in [2.75, 3.05) is 19.4 Å². The van der Waals surface area contributed by atoms with Crippen molar-refractivity contribution in [2.24, 2.45) is 5.10 Å². The number of urea groups is 1. The Labute approximate surface area is 196 Å². The van der Waals surface area contributed by atoms with Crippen LogP contribution in [0.2, 0.25) is 5.02 Å². The summed E-state index contributed by atoms with van der Waals surface area (Å²) in [5.74, 6) is -0.209. The molecule has 1 atom stereocenters. The van der Waals surface area contributed by atoms with Gasteiger partial charge in [0.25, 0.3) is 0 Å². The van der Waals surface area contributed by atoms with Crippen LogP contribution in [-0.4, -0.2) is 47.7 Å². The molecule has 0 saturated heterocycles. The Kier molecular flexibility index (Phi) is 6.62. The van der Waals surface area contributed by atoms with Crippen LogP contribution in [0, 0.1) is 0 Å². The first-order chi connectivity index (χ1) is 15.4. The molecule has 0 saturated carbocycles. The first-order valence-corrected chi connectivity index (χ1v) is 11.5.